The van der Waals surface area contributed by atoms with Crippen LogP contribution in [-0.4, -0.2) is 30.8 Å². The van der Waals surface area contributed by atoms with Crippen LogP contribution in [0.2, 0.25) is 0 Å². The van der Waals surface area contributed by atoms with Crippen molar-refractivity contribution in [3.05, 3.63) is 12.2 Å². The van der Waals surface area contributed by atoms with E-state index in [2.05, 4.69) is 16.9 Å². The molecule has 0 aromatic carbocycles. The Bertz CT molecular complexity index is 404. The lowest BCUT2D eigenvalue weighted by molar-refractivity contribution is -0.216. The van der Waals surface area contributed by atoms with Crippen molar-refractivity contribution >= 4 is 11.9 Å². The quantitative estimate of drug-likeness (QED) is 0.531. The summed E-state index contributed by atoms with van der Waals surface area (Å²) in [6, 6.07) is 0. The highest BCUT2D eigenvalue weighted by Gasteiger charge is 2.38. The third-order valence-corrected chi connectivity index (χ3v) is 3.39. The lowest BCUT2D eigenvalue weighted by Crippen LogP contribution is -2.30. The molecule has 0 amide bonds. The molecule has 0 spiro atoms. The average molecular weight is 322 g/mol. The largest absolute Gasteiger partial charge is 0.465 e. The lowest BCUT2D eigenvalue weighted by atomic mass is 9.95. The normalized spacial score (nSPS) is 19.5. The highest BCUT2D eigenvalue weighted by Crippen LogP contribution is 2.23. The van der Waals surface area contributed by atoms with E-state index in [4.69, 9.17) is 4.74 Å². The third kappa shape index (κ3) is 7.47. The van der Waals surface area contributed by atoms with Crippen molar-refractivity contribution in [3.63, 3.8) is 0 Å². The molecule has 1 aliphatic rings. The van der Waals surface area contributed by atoms with Crippen LogP contribution in [0.3, 0.4) is 0 Å². The average Bonchev–Trinajstić information content (AvgIpc) is 2.45. The number of esters is 2. The molecule has 22 heavy (non-hydrogen) atoms. The van der Waals surface area contributed by atoms with Crippen LogP contribution >= 0.6 is 0 Å². The first-order valence-electron chi connectivity index (χ1n) is 7.36. The van der Waals surface area contributed by atoms with Gasteiger partial charge in [0.1, 0.15) is 0 Å². The number of hydrogen-bond acceptors (Lipinski definition) is 4. The number of ether oxygens (including phenoxy) is 2. The van der Waals surface area contributed by atoms with E-state index < -0.39 is 24.2 Å². The first-order valence-corrected chi connectivity index (χ1v) is 7.36. The minimum atomic E-state index is -4.57. The molecule has 0 fully saturated rings. The minimum Gasteiger partial charge on any atom is -0.465 e. The smallest absolute Gasteiger partial charge is 0.425 e. The van der Waals surface area contributed by atoms with E-state index in [0.717, 1.165) is 26.2 Å². The van der Waals surface area contributed by atoms with Crippen LogP contribution < -0.4 is 0 Å². The highest BCUT2D eigenvalue weighted by molar-refractivity contribution is 5.72. The van der Waals surface area contributed by atoms with Gasteiger partial charge in [0, 0.05) is 12.8 Å². The van der Waals surface area contributed by atoms with Gasteiger partial charge in [-0.15, -0.1) is 0 Å². The Morgan fingerprint density at radius 1 is 1.23 bits per heavy atom. The van der Waals surface area contributed by atoms with Crippen molar-refractivity contribution in [2.45, 2.75) is 57.7 Å². The van der Waals surface area contributed by atoms with Crippen LogP contribution in [0.1, 0.15) is 45.4 Å². The van der Waals surface area contributed by atoms with Crippen molar-refractivity contribution in [2.24, 2.45) is 5.92 Å². The zero-order valence-electron chi connectivity index (χ0n) is 12.5. The van der Waals surface area contributed by atoms with Crippen LogP contribution in [0.25, 0.3) is 0 Å². The molecule has 0 aromatic heterocycles. The summed E-state index contributed by atoms with van der Waals surface area (Å²) in [4.78, 5) is 22.7. The van der Waals surface area contributed by atoms with Gasteiger partial charge in [-0.05, 0) is 38.5 Å². The van der Waals surface area contributed by atoms with Gasteiger partial charge in [-0.2, -0.15) is 13.2 Å². The fraction of sp³-hybridized carbons (Fsp3) is 0.733. The molecule has 0 aliphatic heterocycles. The molecule has 4 nitrogen and oxygen atoms in total. The number of carbonyl (C=O) groups excluding carboxylic acids is 2. The minimum absolute atomic E-state index is 0.00193. The van der Waals surface area contributed by atoms with E-state index in [-0.39, 0.29) is 19.3 Å². The monoisotopic (exact) mass is 322 g/mol. The molecule has 0 heterocycles. The van der Waals surface area contributed by atoms with Crippen LogP contribution in [0, 0.1) is 5.92 Å². The fourth-order valence-electron chi connectivity index (χ4n) is 1.99. The summed E-state index contributed by atoms with van der Waals surface area (Å²) < 4.78 is 45.9. The van der Waals surface area contributed by atoms with E-state index in [9.17, 15) is 22.8 Å². The van der Waals surface area contributed by atoms with Crippen LogP contribution in [0.15, 0.2) is 12.2 Å². The molecule has 2 unspecified atom stereocenters. The van der Waals surface area contributed by atoms with Gasteiger partial charge in [0.2, 0.25) is 0 Å². The van der Waals surface area contributed by atoms with Crippen LogP contribution in [0.4, 0.5) is 13.2 Å². The summed E-state index contributed by atoms with van der Waals surface area (Å²) in [5.41, 5.74) is 0. The molecule has 0 saturated carbocycles. The predicted molar refractivity (Wildman–Crippen MR) is 72.9 cm³/mol. The lowest BCUT2D eigenvalue weighted by Gasteiger charge is -2.17. The zero-order chi connectivity index (χ0) is 16.6. The Balaban J connectivity index is 2.11. The number of allylic oxidation sites excluding steroid dienone is 2. The number of hydrogen-bond donors (Lipinski definition) is 0. The second-order valence-corrected chi connectivity index (χ2v) is 5.36. The molecule has 1 rings (SSSR count). The second-order valence-electron chi connectivity index (χ2n) is 5.36. The number of rotatable bonds is 7. The molecule has 0 bridgehead atoms. The van der Waals surface area contributed by atoms with E-state index in [1.54, 1.807) is 0 Å². The van der Waals surface area contributed by atoms with Gasteiger partial charge in [-0.3, -0.25) is 9.59 Å². The molecular weight excluding hydrogens is 301 g/mol. The number of carbonyl (C=O) groups is 2. The molecule has 126 valence electrons. The van der Waals surface area contributed by atoms with E-state index in [1.165, 1.54) is 0 Å². The molecule has 1 aliphatic carbocycles. The number of halogens is 3. The molecule has 0 N–H and O–H groups in total. The van der Waals surface area contributed by atoms with Crippen LogP contribution in [0.5, 0.6) is 0 Å². The van der Waals surface area contributed by atoms with Gasteiger partial charge in [0.15, 0.2) is 6.10 Å². The standard InChI is InChI=1S/C15H21F3O4/c1-11(15(16,17)18)22-14(20)9-5-8-13(19)21-10-12-6-3-2-4-7-12/h2-3,11-12H,4-10H2,1H3. The molecular formula is C15H21F3O4. The SMILES string of the molecule is CC(OC(=O)CCCC(=O)OCC1CC=CCC1)C(F)(F)F. The number of alkyl halides is 3. The molecule has 0 radical (unpaired) electrons. The van der Waals surface area contributed by atoms with E-state index in [0.29, 0.717) is 12.5 Å². The summed E-state index contributed by atoms with van der Waals surface area (Å²) in [6.45, 7) is 1.11. The summed E-state index contributed by atoms with van der Waals surface area (Å²) in [5, 5.41) is 0. The van der Waals surface area contributed by atoms with Crippen molar-refractivity contribution in [1.82, 2.24) is 0 Å². The van der Waals surface area contributed by atoms with Crippen LogP contribution in [-0.2, 0) is 19.1 Å². The van der Waals surface area contributed by atoms with Gasteiger partial charge in [-0.1, -0.05) is 12.2 Å². The maximum atomic E-state index is 12.2. The molecule has 7 heteroatoms. The molecule has 0 aromatic rings. The van der Waals surface area contributed by atoms with Gasteiger partial charge in [-0.25, -0.2) is 0 Å². The topological polar surface area (TPSA) is 52.6 Å². The predicted octanol–water partition coefficient (Wildman–Crippen LogP) is 3.55. The van der Waals surface area contributed by atoms with Gasteiger partial charge in [0.05, 0.1) is 6.61 Å². The second kappa shape index (κ2) is 8.80. The first kappa shape index (κ1) is 18.5. The Morgan fingerprint density at radius 3 is 2.50 bits per heavy atom. The highest BCUT2D eigenvalue weighted by atomic mass is 19.4. The zero-order valence-corrected chi connectivity index (χ0v) is 12.5. The third-order valence-electron chi connectivity index (χ3n) is 3.39. The van der Waals surface area contributed by atoms with Gasteiger partial charge < -0.3 is 9.47 Å². The Hall–Kier alpha value is -1.53. The summed E-state index contributed by atoms with van der Waals surface area (Å²) in [7, 11) is 0. The summed E-state index contributed by atoms with van der Waals surface area (Å²) in [6.07, 6.45) is 0.166. The van der Waals surface area contributed by atoms with Gasteiger partial charge >= 0.3 is 18.1 Å². The van der Waals surface area contributed by atoms with E-state index in [1.807, 2.05) is 0 Å². The molecule has 2 atom stereocenters. The Morgan fingerprint density at radius 2 is 1.91 bits per heavy atom. The maximum Gasteiger partial charge on any atom is 0.425 e. The first-order chi connectivity index (χ1) is 10.3. The maximum absolute atomic E-state index is 12.2. The van der Waals surface area contributed by atoms with E-state index >= 15 is 0 Å². The summed E-state index contributed by atoms with van der Waals surface area (Å²) >= 11 is 0. The van der Waals surface area contributed by atoms with Crippen molar-refractivity contribution in [3.8, 4) is 0 Å². The Kier molecular flexibility index (Phi) is 7.41. The van der Waals surface area contributed by atoms with Crippen molar-refractivity contribution < 1.29 is 32.2 Å². The molecule has 0 saturated heterocycles. The fourth-order valence-corrected chi connectivity index (χ4v) is 1.99. The Labute approximate surface area is 127 Å². The van der Waals surface area contributed by atoms with Crippen molar-refractivity contribution in [1.29, 1.82) is 0 Å². The summed E-state index contributed by atoms with van der Waals surface area (Å²) in [5.74, 6) is -1.08. The van der Waals surface area contributed by atoms with Crippen molar-refractivity contribution in [2.75, 3.05) is 6.61 Å². The van der Waals surface area contributed by atoms with Gasteiger partial charge in [0.25, 0.3) is 0 Å².